The number of hydrogen-bond donors (Lipinski definition) is 0. The van der Waals surface area contributed by atoms with Crippen LogP contribution in [0, 0.1) is 0 Å². The molecule has 0 saturated carbocycles. The molecule has 0 atom stereocenters. The maximum Gasteiger partial charge on any atom is 0.286 e. The predicted octanol–water partition coefficient (Wildman–Crippen LogP) is 5.65. The molecule has 9 heteroatoms. The highest BCUT2D eigenvalue weighted by Gasteiger charge is 2.36. The van der Waals surface area contributed by atoms with E-state index in [0.29, 0.717) is 10.4 Å². The molecule has 0 N–H and O–H groups in total. The van der Waals surface area contributed by atoms with E-state index in [9.17, 15) is 18.0 Å². The normalized spacial score (nSPS) is 14.1. The van der Waals surface area contributed by atoms with Crippen LogP contribution in [0.15, 0.2) is 59.5 Å². The molecule has 1 aliphatic rings. The molecule has 0 saturated heterocycles. The van der Waals surface area contributed by atoms with E-state index in [4.69, 9.17) is 0 Å². The predicted molar refractivity (Wildman–Crippen MR) is 142 cm³/mol. The van der Waals surface area contributed by atoms with Gasteiger partial charge >= 0.3 is 0 Å². The Kier molecular flexibility index (Phi) is 7.33. The first kappa shape index (κ1) is 25.8. The molecular weight excluding hydrogens is 502 g/mol. The average molecular weight is 530 g/mol. The van der Waals surface area contributed by atoms with E-state index in [1.165, 1.54) is 11.1 Å². The summed E-state index contributed by atoms with van der Waals surface area (Å²) in [6.45, 7) is 6.63. The Balaban J connectivity index is 1.43. The third kappa shape index (κ3) is 5.74. The van der Waals surface area contributed by atoms with Crippen LogP contribution < -0.4 is 0 Å². The van der Waals surface area contributed by atoms with Gasteiger partial charge in [0.1, 0.15) is 0 Å². The number of hydrogen-bond acceptors (Lipinski definition) is 7. The number of nitrogens with zero attached hydrogens (tertiary/aromatic N) is 1. The van der Waals surface area contributed by atoms with E-state index in [2.05, 4.69) is 49.3 Å². The molecule has 4 rings (SSSR count). The molecule has 0 unspecified atom stereocenters. The van der Waals surface area contributed by atoms with Gasteiger partial charge in [0.15, 0.2) is 0 Å². The van der Waals surface area contributed by atoms with E-state index in [1.54, 1.807) is 30.0 Å². The first-order valence-electron chi connectivity index (χ1n) is 11.1. The molecule has 0 radical (unpaired) electrons. The molecule has 0 bridgehead atoms. The van der Waals surface area contributed by atoms with E-state index in [1.807, 2.05) is 23.9 Å². The van der Waals surface area contributed by atoms with Crippen LogP contribution in [0.2, 0.25) is 0 Å². The van der Waals surface area contributed by atoms with Crippen molar-refractivity contribution in [3.05, 3.63) is 76.9 Å². The Labute approximate surface area is 214 Å². The van der Waals surface area contributed by atoms with E-state index in [-0.39, 0.29) is 16.5 Å². The van der Waals surface area contributed by atoms with Gasteiger partial charge < -0.3 is 0 Å². The average Bonchev–Trinajstić information content (AvgIpc) is 2.79. The highest BCUT2D eigenvalue weighted by Crippen LogP contribution is 2.36. The van der Waals surface area contributed by atoms with Gasteiger partial charge in [-0.15, -0.1) is 21.1 Å². The van der Waals surface area contributed by atoms with E-state index < -0.39 is 21.9 Å². The first-order chi connectivity index (χ1) is 16.5. The molecule has 3 aromatic carbocycles. The minimum Gasteiger partial charge on any atom is -0.266 e. The number of carbonyl (C=O) groups is 2. The zero-order valence-corrected chi connectivity index (χ0v) is 22.5. The van der Waals surface area contributed by atoms with Gasteiger partial charge in [-0.25, -0.2) is 0 Å². The Bertz CT molecular complexity index is 1370. The van der Waals surface area contributed by atoms with Crippen LogP contribution in [0.3, 0.4) is 0 Å². The van der Waals surface area contributed by atoms with Crippen molar-refractivity contribution in [3.8, 4) is 0 Å². The zero-order valence-electron chi connectivity index (χ0n) is 20.0. The van der Waals surface area contributed by atoms with Gasteiger partial charge in [-0.2, -0.15) is 20.2 Å². The highest BCUT2D eigenvalue weighted by atomic mass is 32.2. The van der Waals surface area contributed by atoms with Crippen LogP contribution in [-0.2, 0) is 25.6 Å². The summed E-state index contributed by atoms with van der Waals surface area (Å²) >= 11 is 3.54. The van der Waals surface area contributed by atoms with Gasteiger partial charge in [-0.3, -0.25) is 9.59 Å². The fourth-order valence-corrected chi connectivity index (χ4v) is 6.37. The summed E-state index contributed by atoms with van der Waals surface area (Å²) in [6, 6.07) is 17.4. The quantitative estimate of drug-likeness (QED) is 0.212. The lowest BCUT2D eigenvalue weighted by atomic mass is 9.87. The smallest absolute Gasteiger partial charge is 0.266 e. The Morgan fingerprint density at radius 1 is 0.886 bits per heavy atom. The lowest BCUT2D eigenvalue weighted by molar-refractivity contribution is -0.0149. The summed E-state index contributed by atoms with van der Waals surface area (Å²) in [5, 5.41) is 1.66. The summed E-state index contributed by atoms with van der Waals surface area (Å²) in [5.74, 6) is 1.19. The largest absolute Gasteiger partial charge is 0.286 e. The lowest BCUT2D eigenvalue weighted by Gasteiger charge is -2.25. The molecule has 0 aromatic heterocycles. The number of rotatable bonds is 8. The topological polar surface area (TPSA) is 80.8 Å². The SMILES string of the molecule is CC(C)(C)c1ccc(CSCCSc2ccc3c4c(cccc24)C(=O)N(OS(C)(=O)=O)C3=O)cc1. The van der Waals surface area contributed by atoms with Crippen LogP contribution >= 0.6 is 23.5 Å². The number of amides is 2. The maximum absolute atomic E-state index is 12.8. The summed E-state index contributed by atoms with van der Waals surface area (Å²) < 4.78 is 27.8. The number of thioether (sulfide) groups is 2. The molecule has 3 aromatic rings. The number of imide groups is 1. The summed E-state index contributed by atoms with van der Waals surface area (Å²) in [7, 11) is -4.04. The van der Waals surface area contributed by atoms with Crippen LogP contribution in [0.4, 0.5) is 0 Å². The van der Waals surface area contributed by atoms with Crippen molar-refractivity contribution in [2.45, 2.75) is 36.8 Å². The fourth-order valence-electron chi connectivity index (χ4n) is 3.88. The second-order valence-electron chi connectivity index (χ2n) is 9.37. The molecule has 0 fully saturated rings. The minimum atomic E-state index is -4.04. The molecule has 0 aliphatic carbocycles. The summed E-state index contributed by atoms with van der Waals surface area (Å²) in [6.07, 6.45) is 0.794. The Hall–Kier alpha value is -2.33. The lowest BCUT2D eigenvalue weighted by Crippen LogP contribution is -2.41. The van der Waals surface area contributed by atoms with Gasteiger partial charge in [-0.05, 0) is 40.1 Å². The molecule has 184 valence electrons. The van der Waals surface area contributed by atoms with Gasteiger partial charge in [0.25, 0.3) is 21.9 Å². The molecule has 35 heavy (non-hydrogen) atoms. The Morgan fingerprint density at radius 2 is 1.54 bits per heavy atom. The standard InChI is InChI=1S/C26H27NO5S3/c1-26(2,3)18-10-8-17(9-11-18)16-33-14-15-34-22-13-12-21-23-19(22)6-5-7-20(23)24(28)27(25(21)29)32-35(4,30)31/h5-13H,14-16H2,1-4H3. The highest BCUT2D eigenvalue weighted by molar-refractivity contribution is 8.02. The number of benzene rings is 3. The monoisotopic (exact) mass is 529 g/mol. The third-order valence-corrected chi connectivity index (χ3v) is 8.40. The van der Waals surface area contributed by atoms with Crippen molar-refractivity contribution < 1.29 is 22.3 Å². The van der Waals surface area contributed by atoms with Crippen LogP contribution in [-0.4, -0.2) is 43.1 Å². The number of hydroxylamine groups is 2. The molecule has 1 aliphatic heterocycles. The molecule has 6 nitrogen and oxygen atoms in total. The Morgan fingerprint density at radius 3 is 2.17 bits per heavy atom. The minimum absolute atomic E-state index is 0.148. The molecule has 2 amide bonds. The third-order valence-electron chi connectivity index (χ3n) is 5.61. The van der Waals surface area contributed by atoms with Gasteiger partial charge in [0.05, 0.1) is 17.4 Å². The van der Waals surface area contributed by atoms with Gasteiger partial charge in [-0.1, -0.05) is 57.2 Å². The van der Waals surface area contributed by atoms with Crippen LogP contribution in [0.5, 0.6) is 0 Å². The van der Waals surface area contributed by atoms with Crippen LogP contribution in [0.1, 0.15) is 52.6 Å². The maximum atomic E-state index is 12.8. The van der Waals surface area contributed by atoms with Gasteiger partial charge in [0.2, 0.25) is 0 Å². The number of carbonyl (C=O) groups excluding carboxylic acids is 2. The van der Waals surface area contributed by atoms with Crippen molar-refractivity contribution in [2.75, 3.05) is 17.8 Å². The van der Waals surface area contributed by atoms with Crippen molar-refractivity contribution in [1.82, 2.24) is 5.06 Å². The molecular formula is C26H27NO5S3. The summed E-state index contributed by atoms with van der Waals surface area (Å²) in [4.78, 5) is 26.6. The van der Waals surface area contributed by atoms with Crippen LogP contribution in [0.25, 0.3) is 10.8 Å². The second-order valence-corrected chi connectivity index (χ2v) is 13.2. The summed E-state index contributed by atoms with van der Waals surface area (Å²) in [5.41, 5.74) is 3.27. The zero-order chi connectivity index (χ0) is 25.4. The first-order valence-corrected chi connectivity index (χ1v) is 15.1. The van der Waals surface area contributed by atoms with E-state index in [0.717, 1.165) is 33.8 Å². The fraction of sp³-hybridized carbons (Fsp3) is 0.308. The van der Waals surface area contributed by atoms with Crippen molar-refractivity contribution >= 4 is 56.2 Å². The second kappa shape index (κ2) is 9.97. The van der Waals surface area contributed by atoms with E-state index >= 15 is 0 Å². The molecule has 0 spiro atoms. The van der Waals surface area contributed by atoms with Crippen molar-refractivity contribution in [1.29, 1.82) is 0 Å². The van der Waals surface area contributed by atoms with Crippen molar-refractivity contribution in [3.63, 3.8) is 0 Å². The molecule has 1 heterocycles. The van der Waals surface area contributed by atoms with Crippen molar-refractivity contribution in [2.24, 2.45) is 0 Å². The van der Waals surface area contributed by atoms with Gasteiger partial charge in [0, 0.05) is 27.5 Å².